The number of rotatable bonds is 5. The second kappa shape index (κ2) is 6.92. The molecule has 5 nitrogen and oxygen atoms in total. The van der Waals surface area contributed by atoms with Gasteiger partial charge in [0.15, 0.2) is 0 Å². The lowest BCUT2D eigenvalue weighted by Crippen LogP contribution is -2.30. The highest BCUT2D eigenvalue weighted by Gasteiger charge is 2.23. The summed E-state index contributed by atoms with van der Waals surface area (Å²) in [4.78, 5) is 16.9. The summed E-state index contributed by atoms with van der Waals surface area (Å²) >= 11 is 0. The van der Waals surface area contributed by atoms with Gasteiger partial charge in [-0.15, -0.1) is 0 Å². The van der Waals surface area contributed by atoms with E-state index in [1.807, 2.05) is 24.3 Å². The number of amides is 1. The minimum absolute atomic E-state index is 0.0358. The molecule has 2 N–H and O–H groups in total. The Kier molecular flexibility index (Phi) is 4.73. The molecular formula is C17H23N3O2. The number of carbonyl (C=O) groups excluding carboxylic acids is 1. The van der Waals surface area contributed by atoms with Crippen molar-refractivity contribution in [3.63, 3.8) is 0 Å². The average Bonchev–Trinajstić information content (AvgIpc) is 2.92. The Morgan fingerprint density at radius 1 is 1.27 bits per heavy atom. The van der Waals surface area contributed by atoms with Crippen LogP contribution in [0.25, 0.3) is 11.0 Å². The van der Waals surface area contributed by atoms with Crippen molar-refractivity contribution in [1.82, 2.24) is 14.9 Å². The predicted molar refractivity (Wildman–Crippen MR) is 85.7 cm³/mol. The zero-order valence-corrected chi connectivity index (χ0v) is 12.8. The predicted octanol–water partition coefficient (Wildman–Crippen LogP) is 2.19. The summed E-state index contributed by atoms with van der Waals surface area (Å²) in [6, 6.07) is 7.99. The third kappa shape index (κ3) is 3.14. The summed E-state index contributed by atoms with van der Waals surface area (Å²) in [6.45, 7) is 0.530. The number of aliphatic hydroxyl groups excluding tert-OH is 1. The molecule has 1 aromatic heterocycles. The zero-order chi connectivity index (χ0) is 15.4. The van der Waals surface area contributed by atoms with Crippen LogP contribution in [-0.2, 0) is 11.3 Å². The Hall–Kier alpha value is -1.88. The summed E-state index contributed by atoms with van der Waals surface area (Å²) in [7, 11) is 0. The van der Waals surface area contributed by atoms with Gasteiger partial charge >= 0.3 is 0 Å². The summed E-state index contributed by atoms with van der Waals surface area (Å²) in [6.07, 6.45) is 6.09. The van der Waals surface area contributed by atoms with Crippen molar-refractivity contribution in [3.05, 3.63) is 30.1 Å². The summed E-state index contributed by atoms with van der Waals surface area (Å²) in [5.74, 6) is 1.42. The zero-order valence-electron chi connectivity index (χ0n) is 12.8. The largest absolute Gasteiger partial charge is 0.395 e. The minimum atomic E-state index is -0.0748. The van der Waals surface area contributed by atoms with Gasteiger partial charge in [-0.3, -0.25) is 4.79 Å². The fraction of sp³-hybridized carbons (Fsp3) is 0.529. The third-order valence-electron chi connectivity index (χ3n) is 4.39. The molecule has 0 unspecified atom stereocenters. The van der Waals surface area contributed by atoms with Crippen molar-refractivity contribution < 1.29 is 9.90 Å². The lowest BCUT2D eigenvalue weighted by molar-refractivity contribution is -0.121. The van der Waals surface area contributed by atoms with E-state index in [0.717, 1.165) is 29.7 Å². The first kappa shape index (κ1) is 15.0. The van der Waals surface area contributed by atoms with Gasteiger partial charge in [0, 0.05) is 12.5 Å². The first-order valence-electron chi connectivity index (χ1n) is 8.12. The number of benzene rings is 1. The highest BCUT2D eigenvalue weighted by Crippen LogP contribution is 2.33. The van der Waals surface area contributed by atoms with Crippen LogP contribution in [0.5, 0.6) is 0 Å². The maximum absolute atomic E-state index is 12.1. The van der Waals surface area contributed by atoms with E-state index in [1.165, 1.54) is 19.3 Å². The van der Waals surface area contributed by atoms with Gasteiger partial charge in [0.2, 0.25) is 5.91 Å². The molecule has 0 radical (unpaired) electrons. The molecule has 1 aromatic carbocycles. The van der Waals surface area contributed by atoms with Crippen molar-refractivity contribution in [1.29, 1.82) is 0 Å². The number of nitrogens with zero attached hydrogens (tertiary/aromatic N) is 2. The van der Waals surface area contributed by atoms with E-state index < -0.39 is 0 Å². The third-order valence-corrected chi connectivity index (χ3v) is 4.39. The van der Waals surface area contributed by atoms with Crippen molar-refractivity contribution in [3.8, 4) is 0 Å². The van der Waals surface area contributed by atoms with E-state index in [4.69, 9.17) is 10.1 Å². The maximum Gasteiger partial charge on any atom is 0.240 e. The summed E-state index contributed by atoms with van der Waals surface area (Å²) in [5.41, 5.74) is 1.97. The second-order valence-electron chi connectivity index (χ2n) is 5.95. The van der Waals surface area contributed by atoms with Gasteiger partial charge in [0.1, 0.15) is 12.4 Å². The van der Waals surface area contributed by atoms with Crippen LogP contribution in [0.1, 0.15) is 43.8 Å². The van der Waals surface area contributed by atoms with Crippen LogP contribution in [-0.4, -0.2) is 33.7 Å². The van der Waals surface area contributed by atoms with Gasteiger partial charge in [-0.2, -0.15) is 0 Å². The van der Waals surface area contributed by atoms with Crippen molar-refractivity contribution in [2.24, 2.45) is 0 Å². The van der Waals surface area contributed by atoms with Crippen LogP contribution in [0.3, 0.4) is 0 Å². The van der Waals surface area contributed by atoms with Crippen molar-refractivity contribution in [2.75, 3.05) is 13.2 Å². The van der Waals surface area contributed by atoms with Crippen molar-refractivity contribution in [2.45, 2.75) is 44.6 Å². The molecule has 118 valence electrons. The van der Waals surface area contributed by atoms with Crippen LogP contribution in [0.4, 0.5) is 0 Å². The van der Waals surface area contributed by atoms with E-state index in [0.29, 0.717) is 12.5 Å². The second-order valence-corrected chi connectivity index (χ2v) is 5.95. The normalized spacial score (nSPS) is 16.0. The first-order chi connectivity index (χ1) is 10.8. The van der Waals surface area contributed by atoms with Crippen LogP contribution in [0, 0.1) is 0 Å². The first-order valence-corrected chi connectivity index (χ1v) is 8.12. The SMILES string of the molecule is O=C(Cn1c(C2CCCCC2)nc2ccccc21)NCCO. The van der Waals surface area contributed by atoms with Gasteiger partial charge in [-0.05, 0) is 25.0 Å². The lowest BCUT2D eigenvalue weighted by atomic mass is 9.88. The summed E-state index contributed by atoms with van der Waals surface area (Å²) in [5, 5.41) is 11.6. The van der Waals surface area contributed by atoms with E-state index in [9.17, 15) is 4.79 Å². The van der Waals surface area contributed by atoms with E-state index in [-0.39, 0.29) is 19.1 Å². The molecule has 22 heavy (non-hydrogen) atoms. The number of imidazole rings is 1. The maximum atomic E-state index is 12.1. The van der Waals surface area contributed by atoms with Gasteiger partial charge < -0.3 is 15.0 Å². The molecule has 1 fully saturated rings. The number of para-hydroxylation sites is 2. The molecule has 5 heteroatoms. The summed E-state index contributed by atoms with van der Waals surface area (Å²) < 4.78 is 2.05. The van der Waals surface area contributed by atoms with Gasteiger partial charge in [-0.1, -0.05) is 31.4 Å². The van der Waals surface area contributed by atoms with Crippen LogP contribution >= 0.6 is 0 Å². The Labute approximate surface area is 130 Å². The van der Waals surface area contributed by atoms with Gasteiger partial charge in [0.25, 0.3) is 0 Å². The molecule has 1 saturated carbocycles. The topological polar surface area (TPSA) is 67.2 Å². The Morgan fingerprint density at radius 2 is 2.05 bits per heavy atom. The molecule has 0 bridgehead atoms. The van der Waals surface area contributed by atoms with E-state index >= 15 is 0 Å². The molecule has 2 aromatic rings. The molecule has 1 aliphatic carbocycles. The lowest BCUT2D eigenvalue weighted by Gasteiger charge is -2.22. The fourth-order valence-electron chi connectivity index (χ4n) is 3.33. The molecular weight excluding hydrogens is 278 g/mol. The highest BCUT2D eigenvalue weighted by molar-refractivity contribution is 5.81. The molecule has 1 heterocycles. The van der Waals surface area contributed by atoms with Crippen LogP contribution < -0.4 is 5.32 Å². The van der Waals surface area contributed by atoms with Gasteiger partial charge in [0.05, 0.1) is 17.6 Å². The standard InChI is InChI=1S/C17H23N3O2/c21-11-10-18-16(22)12-20-15-9-5-4-8-14(15)19-17(20)13-6-2-1-3-7-13/h4-5,8-9,13,21H,1-3,6-7,10-12H2,(H,18,22). The van der Waals surface area contributed by atoms with Crippen LogP contribution in [0.15, 0.2) is 24.3 Å². The number of aromatic nitrogens is 2. The molecule has 3 rings (SSSR count). The molecule has 0 saturated heterocycles. The molecule has 0 spiro atoms. The number of hydrogen-bond acceptors (Lipinski definition) is 3. The molecule has 0 aliphatic heterocycles. The van der Waals surface area contributed by atoms with E-state index in [1.54, 1.807) is 0 Å². The number of hydrogen-bond donors (Lipinski definition) is 2. The molecule has 0 atom stereocenters. The molecule has 1 aliphatic rings. The van der Waals surface area contributed by atoms with Crippen LogP contribution in [0.2, 0.25) is 0 Å². The highest BCUT2D eigenvalue weighted by atomic mass is 16.3. The van der Waals surface area contributed by atoms with Gasteiger partial charge in [-0.25, -0.2) is 4.98 Å². The Morgan fingerprint density at radius 3 is 2.82 bits per heavy atom. The quantitative estimate of drug-likeness (QED) is 0.889. The molecule has 1 amide bonds. The van der Waals surface area contributed by atoms with E-state index in [2.05, 4.69) is 9.88 Å². The number of fused-ring (bicyclic) bond motifs is 1. The van der Waals surface area contributed by atoms with Crippen molar-refractivity contribution >= 4 is 16.9 Å². The Bertz CT molecular complexity index is 644. The smallest absolute Gasteiger partial charge is 0.240 e. The number of aliphatic hydroxyl groups is 1. The number of nitrogens with one attached hydrogen (secondary N) is 1. The fourth-order valence-corrected chi connectivity index (χ4v) is 3.33. The minimum Gasteiger partial charge on any atom is -0.395 e. The monoisotopic (exact) mass is 301 g/mol. The average molecular weight is 301 g/mol. The Balaban J connectivity index is 1.92. The number of carbonyl (C=O) groups is 1.